The first-order valence-corrected chi connectivity index (χ1v) is 9.32. The molecule has 0 bridgehead atoms. The maximum Gasteiger partial charge on any atom is 0.419 e. The van der Waals surface area contributed by atoms with E-state index in [1.54, 1.807) is 43.8 Å². The molecule has 31 heavy (non-hydrogen) atoms. The van der Waals surface area contributed by atoms with E-state index >= 15 is 0 Å². The van der Waals surface area contributed by atoms with Crippen molar-refractivity contribution in [1.29, 1.82) is 0 Å². The Morgan fingerprint density at radius 1 is 1.16 bits per heavy atom. The molecule has 0 spiro atoms. The number of anilines is 4. The number of amides is 1. The zero-order valence-electron chi connectivity index (χ0n) is 17.0. The number of rotatable bonds is 7. The highest BCUT2D eigenvalue weighted by atomic mass is 19.4. The third-order valence-electron chi connectivity index (χ3n) is 4.22. The van der Waals surface area contributed by atoms with Crippen molar-refractivity contribution in [3.63, 3.8) is 0 Å². The van der Waals surface area contributed by atoms with Gasteiger partial charge in [0.05, 0.1) is 34.8 Å². The molecule has 3 N–H and O–H groups in total. The molecule has 3 rings (SSSR count). The van der Waals surface area contributed by atoms with Gasteiger partial charge < -0.3 is 10.6 Å². The standard InChI is InChI=1S/C20H21F3N6O2/c1-4-31-28-19(30)13-7-5-6-8-15(13)25-16-10-17(24-11-14(16)20(21,22)23)26-18-9-12(2)27-29(18)3/h5-11H,4H2,1-3H3,(H,28,30)(H2,24,25,26). The molecule has 0 saturated carbocycles. The molecule has 0 radical (unpaired) electrons. The van der Waals surface area contributed by atoms with Gasteiger partial charge in [-0.2, -0.15) is 18.3 Å². The molecule has 0 saturated heterocycles. The topological polar surface area (TPSA) is 93.1 Å². The van der Waals surface area contributed by atoms with Crippen LogP contribution in [0.25, 0.3) is 0 Å². The van der Waals surface area contributed by atoms with Crippen molar-refractivity contribution in [2.24, 2.45) is 7.05 Å². The molecule has 0 aliphatic heterocycles. The summed E-state index contributed by atoms with van der Waals surface area (Å²) in [5.74, 6) is 0.151. The second kappa shape index (κ2) is 9.04. The van der Waals surface area contributed by atoms with Gasteiger partial charge in [-0.25, -0.2) is 10.5 Å². The molecule has 1 amide bonds. The number of hydrogen-bond acceptors (Lipinski definition) is 6. The van der Waals surface area contributed by atoms with E-state index in [-0.39, 0.29) is 29.4 Å². The number of hydrogen-bond donors (Lipinski definition) is 3. The summed E-state index contributed by atoms with van der Waals surface area (Å²) in [4.78, 5) is 21.1. The van der Waals surface area contributed by atoms with Crippen LogP contribution < -0.4 is 16.1 Å². The monoisotopic (exact) mass is 434 g/mol. The smallest absolute Gasteiger partial charge is 0.354 e. The SMILES string of the molecule is CCONC(=O)c1ccccc1Nc1cc(Nc2cc(C)nn2C)ncc1C(F)(F)F. The van der Waals surface area contributed by atoms with Gasteiger partial charge in [0, 0.05) is 25.4 Å². The number of hydroxylamine groups is 1. The van der Waals surface area contributed by atoms with Gasteiger partial charge in [0.15, 0.2) is 0 Å². The van der Waals surface area contributed by atoms with Crippen molar-refractivity contribution in [2.45, 2.75) is 20.0 Å². The highest BCUT2D eigenvalue weighted by molar-refractivity contribution is 5.99. The maximum absolute atomic E-state index is 13.6. The van der Waals surface area contributed by atoms with Crippen molar-refractivity contribution in [2.75, 3.05) is 17.2 Å². The number of carbonyl (C=O) groups is 1. The van der Waals surface area contributed by atoms with Crippen LogP contribution in [-0.4, -0.2) is 27.3 Å². The summed E-state index contributed by atoms with van der Waals surface area (Å²) in [6.07, 6.45) is -3.92. The van der Waals surface area contributed by atoms with Crippen LogP contribution in [-0.2, 0) is 18.1 Å². The van der Waals surface area contributed by atoms with E-state index in [0.29, 0.717) is 5.82 Å². The Hall–Kier alpha value is -3.60. The zero-order chi connectivity index (χ0) is 22.6. The molecule has 1 aromatic carbocycles. The van der Waals surface area contributed by atoms with Crippen LogP contribution in [0.1, 0.15) is 28.5 Å². The van der Waals surface area contributed by atoms with Crippen molar-refractivity contribution in [1.82, 2.24) is 20.2 Å². The Kier molecular flexibility index (Phi) is 6.44. The van der Waals surface area contributed by atoms with E-state index in [1.165, 1.54) is 18.2 Å². The maximum atomic E-state index is 13.6. The fourth-order valence-electron chi connectivity index (χ4n) is 2.84. The van der Waals surface area contributed by atoms with Crippen LogP contribution >= 0.6 is 0 Å². The second-order valence-corrected chi connectivity index (χ2v) is 6.57. The van der Waals surface area contributed by atoms with Gasteiger partial charge in [0.25, 0.3) is 5.91 Å². The number of nitrogens with zero attached hydrogens (tertiary/aromatic N) is 3. The fourth-order valence-corrected chi connectivity index (χ4v) is 2.84. The second-order valence-electron chi connectivity index (χ2n) is 6.57. The summed E-state index contributed by atoms with van der Waals surface area (Å²) in [7, 11) is 1.70. The Balaban J connectivity index is 1.97. The minimum atomic E-state index is -4.65. The average molecular weight is 434 g/mol. The number of pyridine rings is 1. The van der Waals surface area contributed by atoms with Crippen LogP contribution in [0.5, 0.6) is 0 Å². The highest BCUT2D eigenvalue weighted by Gasteiger charge is 2.34. The van der Waals surface area contributed by atoms with E-state index in [4.69, 9.17) is 4.84 Å². The molecule has 0 fully saturated rings. The van der Waals surface area contributed by atoms with Gasteiger partial charge in [-0.1, -0.05) is 12.1 Å². The molecule has 0 aliphatic rings. The summed E-state index contributed by atoms with van der Waals surface area (Å²) >= 11 is 0. The summed E-state index contributed by atoms with van der Waals surface area (Å²) < 4.78 is 42.3. The van der Waals surface area contributed by atoms with Crippen LogP contribution in [0, 0.1) is 6.92 Å². The molecule has 2 heterocycles. The molecular weight excluding hydrogens is 413 g/mol. The number of para-hydroxylation sites is 1. The lowest BCUT2D eigenvalue weighted by molar-refractivity contribution is -0.137. The van der Waals surface area contributed by atoms with Crippen molar-refractivity contribution in [3.05, 3.63) is 59.4 Å². The van der Waals surface area contributed by atoms with E-state index in [0.717, 1.165) is 11.9 Å². The summed E-state index contributed by atoms with van der Waals surface area (Å²) in [6, 6.07) is 9.14. The van der Waals surface area contributed by atoms with Crippen molar-refractivity contribution >= 4 is 28.9 Å². The Labute approximate surface area is 176 Å². The van der Waals surface area contributed by atoms with Crippen molar-refractivity contribution < 1.29 is 22.8 Å². The van der Waals surface area contributed by atoms with Gasteiger partial charge in [-0.05, 0) is 26.0 Å². The summed E-state index contributed by atoms with van der Waals surface area (Å²) in [5, 5.41) is 9.84. The largest absolute Gasteiger partial charge is 0.419 e. The van der Waals surface area contributed by atoms with Crippen LogP contribution in [0.4, 0.5) is 36.2 Å². The van der Waals surface area contributed by atoms with E-state index in [1.807, 2.05) is 0 Å². The lowest BCUT2D eigenvalue weighted by Gasteiger charge is -2.17. The van der Waals surface area contributed by atoms with E-state index in [9.17, 15) is 18.0 Å². The molecule has 2 aromatic heterocycles. The minimum Gasteiger partial charge on any atom is -0.354 e. The van der Waals surface area contributed by atoms with Gasteiger partial charge in [-0.15, -0.1) is 0 Å². The average Bonchev–Trinajstić information content (AvgIpc) is 3.02. The number of alkyl halides is 3. The first-order valence-electron chi connectivity index (χ1n) is 9.32. The van der Waals surface area contributed by atoms with Gasteiger partial charge in [0.1, 0.15) is 11.6 Å². The predicted octanol–water partition coefficient (Wildman–Crippen LogP) is 4.31. The molecule has 0 aliphatic carbocycles. The summed E-state index contributed by atoms with van der Waals surface area (Å²) in [6.45, 7) is 3.73. The molecule has 3 aromatic rings. The van der Waals surface area contributed by atoms with Gasteiger partial charge in [-0.3, -0.25) is 14.3 Å². The Morgan fingerprint density at radius 2 is 1.90 bits per heavy atom. The quantitative estimate of drug-likeness (QED) is 0.480. The van der Waals surface area contributed by atoms with Crippen molar-refractivity contribution in [3.8, 4) is 0 Å². The first-order chi connectivity index (χ1) is 14.7. The molecule has 164 valence electrons. The lowest BCUT2D eigenvalue weighted by atomic mass is 10.1. The Bertz CT molecular complexity index is 1080. The number of aromatic nitrogens is 3. The number of halogens is 3. The fraction of sp³-hybridized carbons (Fsp3) is 0.250. The molecule has 0 atom stereocenters. The van der Waals surface area contributed by atoms with Crippen LogP contribution in [0.2, 0.25) is 0 Å². The summed E-state index contributed by atoms with van der Waals surface area (Å²) in [5.41, 5.74) is 2.04. The Morgan fingerprint density at radius 3 is 2.55 bits per heavy atom. The number of nitrogens with one attached hydrogen (secondary N) is 3. The van der Waals surface area contributed by atoms with Gasteiger partial charge >= 0.3 is 6.18 Å². The third kappa shape index (κ3) is 5.31. The minimum absolute atomic E-state index is 0.123. The predicted molar refractivity (Wildman–Crippen MR) is 109 cm³/mol. The number of benzene rings is 1. The van der Waals surface area contributed by atoms with Crippen LogP contribution in [0.3, 0.4) is 0 Å². The van der Waals surface area contributed by atoms with Crippen LogP contribution in [0.15, 0.2) is 42.6 Å². The molecule has 11 heteroatoms. The molecule has 0 unspecified atom stereocenters. The van der Waals surface area contributed by atoms with E-state index in [2.05, 4.69) is 26.2 Å². The highest BCUT2D eigenvalue weighted by Crippen LogP contribution is 2.37. The zero-order valence-corrected chi connectivity index (χ0v) is 17.0. The number of carbonyl (C=O) groups excluding carboxylic acids is 1. The molecule has 8 nitrogen and oxygen atoms in total. The first kappa shape index (κ1) is 22.1. The third-order valence-corrected chi connectivity index (χ3v) is 4.22. The lowest BCUT2D eigenvalue weighted by Crippen LogP contribution is -2.24. The van der Waals surface area contributed by atoms with E-state index < -0.39 is 17.6 Å². The number of aryl methyl sites for hydroxylation is 2. The normalized spacial score (nSPS) is 11.3. The van der Waals surface area contributed by atoms with Gasteiger partial charge in [0.2, 0.25) is 0 Å². The molecular formula is C20H21F3N6O2.